The average molecular weight is 443 g/mol. The van der Waals surface area contributed by atoms with Gasteiger partial charge in [0.25, 0.3) is 5.91 Å². The monoisotopic (exact) mass is 442 g/mol. The van der Waals surface area contributed by atoms with E-state index >= 15 is 0 Å². The molecule has 0 spiro atoms. The van der Waals surface area contributed by atoms with Crippen molar-refractivity contribution in [3.8, 4) is 34.1 Å². The molecule has 158 valence electrons. The number of anilines is 1. The number of ether oxygens (including phenoxy) is 1. The van der Waals surface area contributed by atoms with Crippen LogP contribution in [0.25, 0.3) is 28.4 Å². The van der Waals surface area contributed by atoms with Crippen molar-refractivity contribution < 1.29 is 13.9 Å². The topological polar surface area (TPSA) is 82.2 Å². The number of aromatic nitrogens is 3. The number of rotatable bonds is 6. The van der Waals surface area contributed by atoms with Crippen molar-refractivity contribution in [1.82, 2.24) is 14.8 Å². The highest BCUT2D eigenvalue weighted by Gasteiger charge is 2.22. The Morgan fingerprint density at radius 3 is 2.66 bits per heavy atom. The van der Waals surface area contributed by atoms with Crippen molar-refractivity contribution >= 4 is 22.4 Å². The fraction of sp³-hybridized carbons (Fsp3) is 0.0417. The van der Waals surface area contributed by atoms with Crippen molar-refractivity contribution in [2.75, 3.05) is 12.4 Å². The number of methoxy groups -OCH3 is 1. The Morgan fingerprint density at radius 2 is 1.88 bits per heavy atom. The van der Waals surface area contributed by atoms with Gasteiger partial charge in [-0.1, -0.05) is 30.3 Å². The second-order valence-electron chi connectivity index (χ2n) is 6.84. The zero-order chi connectivity index (χ0) is 21.9. The number of furan rings is 1. The number of hydrogen-bond acceptors (Lipinski definition) is 6. The third-order valence-corrected chi connectivity index (χ3v) is 5.60. The first-order valence-corrected chi connectivity index (χ1v) is 10.7. The molecule has 7 nitrogen and oxygen atoms in total. The summed E-state index contributed by atoms with van der Waals surface area (Å²) < 4.78 is 12.6. The van der Waals surface area contributed by atoms with E-state index < -0.39 is 0 Å². The van der Waals surface area contributed by atoms with Gasteiger partial charge in [0.1, 0.15) is 17.1 Å². The zero-order valence-corrected chi connectivity index (χ0v) is 17.9. The van der Waals surface area contributed by atoms with Crippen LogP contribution in [0.15, 0.2) is 89.0 Å². The lowest BCUT2D eigenvalue weighted by Crippen LogP contribution is -2.12. The van der Waals surface area contributed by atoms with Gasteiger partial charge in [-0.3, -0.25) is 10.1 Å². The van der Waals surface area contributed by atoms with Crippen LogP contribution in [0.2, 0.25) is 0 Å². The lowest BCUT2D eigenvalue weighted by atomic mass is 10.1. The van der Waals surface area contributed by atoms with E-state index in [1.807, 2.05) is 66.0 Å². The molecule has 0 radical (unpaired) electrons. The van der Waals surface area contributed by atoms with Crippen molar-refractivity contribution in [2.45, 2.75) is 0 Å². The van der Waals surface area contributed by atoms with Gasteiger partial charge in [-0.2, -0.15) is 5.10 Å². The second-order valence-corrected chi connectivity index (χ2v) is 7.70. The van der Waals surface area contributed by atoms with E-state index in [-0.39, 0.29) is 5.91 Å². The third kappa shape index (κ3) is 3.79. The fourth-order valence-corrected chi connectivity index (χ4v) is 4.02. The molecule has 0 aliphatic heterocycles. The van der Waals surface area contributed by atoms with Crippen LogP contribution in [0.1, 0.15) is 10.4 Å². The molecule has 5 rings (SSSR count). The van der Waals surface area contributed by atoms with E-state index in [0.29, 0.717) is 33.6 Å². The summed E-state index contributed by atoms with van der Waals surface area (Å²) in [5.74, 6) is 0.969. The number of carbonyl (C=O) groups is 1. The second kappa shape index (κ2) is 8.52. The minimum atomic E-state index is -0.312. The van der Waals surface area contributed by atoms with Gasteiger partial charge in [-0.25, -0.2) is 9.67 Å². The van der Waals surface area contributed by atoms with Crippen molar-refractivity contribution in [2.24, 2.45) is 0 Å². The van der Waals surface area contributed by atoms with Gasteiger partial charge < -0.3 is 9.15 Å². The molecule has 0 bridgehead atoms. The summed E-state index contributed by atoms with van der Waals surface area (Å²) in [4.78, 5) is 17.7. The highest BCUT2D eigenvalue weighted by Crippen LogP contribution is 2.32. The number of nitrogens with one attached hydrogen (secondary N) is 1. The van der Waals surface area contributed by atoms with E-state index in [1.54, 1.807) is 30.3 Å². The quantitative estimate of drug-likeness (QED) is 0.375. The largest absolute Gasteiger partial charge is 0.496 e. The van der Waals surface area contributed by atoms with E-state index in [2.05, 4.69) is 10.3 Å². The smallest absolute Gasteiger partial charge is 0.261 e. The molecule has 0 unspecified atom stereocenters. The molecule has 5 aromatic rings. The van der Waals surface area contributed by atoms with Crippen LogP contribution in [0.4, 0.5) is 5.13 Å². The molecule has 3 heterocycles. The van der Waals surface area contributed by atoms with Crippen molar-refractivity contribution in [3.05, 3.63) is 90.1 Å². The molecular weight excluding hydrogens is 424 g/mol. The summed E-state index contributed by atoms with van der Waals surface area (Å²) in [7, 11) is 1.60. The zero-order valence-electron chi connectivity index (χ0n) is 17.1. The summed E-state index contributed by atoms with van der Waals surface area (Å²) in [6, 6.07) is 20.7. The SMILES string of the molecule is COc1ccccc1-c1nn(-c2ccccc2)cc1C(=O)Nc1nc(-c2ccco2)cs1. The predicted molar refractivity (Wildman–Crippen MR) is 123 cm³/mol. The van der Waals surface area contributed by atoms with Gasteiger partial charge in [0.15, 0.2) is 10.9 Å². The number of nitrogens with zero attached hydrogens (tertiary/aromatic N) is 3. The normalized spacial score (nSPS) is 10.8. The first kappa shape index (κ1) is 19.8. The van der Waals surface area contributed by atoms with E-state index in [0.717, 1.165) is 11.3 Å². The average Bonchev–Trinajstić information content (AvgIpc) is 3.60. The Morgan fingerprint density at radius 1 is 1.06 bits per heavy atom. The number of hydrogen-bond donors (Lipinski definition) is 1. The summed E-state index contributed by atoms with van der Waals surface area (Å²) >= 11 is 1.33. The minimum absolute atomic E-state index is 0.312. The minimum Gasteiger partial charge on any atom is -0.496 e. The molecular formula is C24H18N4O3S. The van der Waals surface area contributed by atoms with Gasteiger partial charge in [-0.15, -0.1) is 11.3 Å². The Kier molecular flexibility index (Phi) is 5.27. The van der Waals surface area contributed by atoms with Crippen LogP contribution in [-0.4, -0.2) is 27.8 Å². The van der Waals surface area contributed by atoms with Crippen molar-refractivity contribution in [3.63, 3.8) is 0 Å². The van der Waals surface area contributed by atoms with Crippen LogP contribution >= 0.6 is 11.3 Å². The van der Waals surface area contributed by atoms with Gasteiger partial charge >= 0.3 is 0 Å². The summed E-state index contributed by atoms with van der Waals surface area (Å²) in [6.07, 6.45) is 3.30. The van der Waals surface area contributed by atoms with E-state index in [9.17, 15) is 4.79 Å². The van der Waals surface area contributed by atoms with Crippen molar-refractivity contribution in [1.29, 1.82) is 0 Å². The summed E-state index contributed by atoms with van der Waals surface area (Å²) in [6.45, 7) is 0. The Balaban J connectivity index is 1.53. The summed E-state index contributed by atoms with van der Waals surface area (Å²) in [5.41, 5.74) is 3.17. The molecule has 0 fully saturated rings. The van der Waals surface area contributed by atoms with Gasteiger partial charge in [0.2, 0.25) is 0 Å². The molecule has 2 aromatic carbocycles. The maximum absolute atomic E-state index is 13.3. The lowest BCUT2D eigenvalue weighted by Gasteiger charge is -2.07. The maximum atomic E-state index is 13.3. The highest BCUT2D eigenvalue weighted by molar-refractivity contribution is 7.14. The van der Waals surface area contributed by atoms with Crippen LogP contribution < -0.4 is 10.1 Å². The number of amides is 1. The molecule has 8 heteroatoms. The van der Waals surface area contributed by atoms with E-state index in [1.165, 1.54) is 11.3 Å². The van der Waals surface area contributed by atoms with Crippen LogP contribution in [0.5, 0.6) is 5.75 Å². The third-order valence-electron chi connectivity index (χ3n) is 4.84. The maximum Gasteiger partial charge on any atom is 0.261 e. The van der Waals surface area contributed by atoms with Crippen LogP contribution in [0, 0.1) is 0 Å². The molecule has 3 aromatic heterocycles. The Labute approximate surface area is 187 Å². The van der Waals surface area contributed by atoms with Crippen LogP contribution in [-0.2, 0) is 0 Å². The van der Waals surface area contributed by atoms with Gasteiger partial charge in [-0.05, 0) is 36.4 Å². The fourth-order valence-electron chi connectivity index (χ4n) is 3.33. The number of carbonyl (C=O) groups excluding carboxylic acids is 1. The molecule has 1 N–H and O–H groups in total. The molecule has 1 amide bonds. The standard InChI is InChI=1S/C24H18N4O3S/c1-30-20-11-6-5-10-17(20)22-18(14-28(27-22)16-8-3-2-4-9-16)23(29)26-24-25-19(15-32-24)21-12-7-13-31-21/h2-15H,1H3,(H,25,26,29). The number of para-hydroxylation sites is 2. The molecule has 32 heavy (non-hydrogen) atoms. The lowest BCUT2D eigenvalue weighted by molar-refractivity contribution is 0.102. The molecule has 0 saturated heterocycles. The van der Waals surface area contributed by atoms with E-state index in [4.69, 9.17) is 14.3 Å². The molecule has 0 aliphatic carbocycles. The number of thiazole rings is 1. The Bertz CT molecular complexity index is 1360. The summed E-state index contributed by atoms with van der Waals surface area (Å²) in [5, 5.41) is 9.91. The predicted octanol–water partition coefficient (Wildman–Crippen LogP) is 5.52. The first-order chi connectivity index (χ1) is 15.7. The van der Waals surface area contributed by atoms with Gasteiger partial charge in [0, 0.05) is 17.1 Å². The molecule has 0 atom stereocenters. The molecule has 0 saturated carbocycles. The molecule has 0 aliphatic rings. The first-order valence-electron chi connectivity index (χ1n) is 9.82. The Hall–Kier alpha value is -4.17. The van der Waals surface area contributed by atoms with Crippen LogP contribution in [0.3, 0.4) is 0 Å². The number of benzene rings is 2. The highest BCUT2D eigenvalue weighted by atomic mass is 32.1. The van der Waals surface area contributed by atoms with Gasteiger partial charge in [0.05, 0.1) is 24.6 Å².